The zero-order valence-corrected chi connectivity index (χ0v) is 20.8. The molecule has 6 rings (SSSR count). The van der Waals surface area contributed by atoms with Crippen molar-refractivity contribution in [3.63, 3.8) is 0 Å². The summed E-state index contributed by atoms with van der Waals surface area (Å²) in [6.07, 6.45) is 5.43. The Hall–Kier alpha value is -3.77. The van der Waals surface area contributed by atoms with Crippen LogP contribution in [0.1, 0.15) is 36.5 Å². The van der Waals surface area contributed by atoms with Crippen LogP contribution in [0.4, 0.5) is 5.69 Å². The van der Waals surface area contributed by atoms with E-state index in [0.717, 1.165) is 82.0 Å². The zero-order chi connectivity index (χ0) is 24.6. The van der Waals surface area contributed by atoms with Gasteiger partial charge >= 0.3 is 0 Å². The lowest BCUT2D eigenvalue weighted by molar-refractivity contribution is 0.0948. The minimum Gasteiger partial charge on any atom is -0.451 e. The van der Waals surface area contributed by atoms with E-state index in [1.54, 1.807) is 0 Å². The minimum atomic E-state index is -0.0894. The molecule has 6 nitrogen and oxygen atoms in total. The molecule has 0 bridgehead atoms. The molecule has 0 atom stereocenters. The number of nitrogens with zero attached hydrogens (tertiary/aromatic N) is 2. The van der Waals surface area contributed by atoms with E-state index >= 15 is 0 Å². The van der Waals surface area contributed by atoms with E-state index in [1.165, 1.54) is 12.8 Å². The van der Waals surface area contributed by atoms with Gasteiger partial charge in [0.2, 0.25) is 0 Å². The van der Waals surface area contributed by atoms with Gasteiger partial charge in [-0.2, -0.15) is 0 Å². The van der Waals surface area contributed by atoms with Crippen LogP contribution in [-0.4, -0.2) is 48.1 Å². The van der Waals surface area contributed by atoms with Gasteiger partial charge in [0.1, 0.15) is 0 Å². The van der Waals surface area contributed by atoms with Gasteiger partial charge in [-0.15, -0.1) is 0 Å². The Kier molecular flexibility index (Phi) is 5.89. The first kappa shape index (κ1) is 22.7. The molecule has 3 aromatic carbocycles. The fraction of sp³-hybridized carbons (Fsp3) is 0.300. The standard InChI is InChI=1S/C30H32N4O2/c1-3-12-31-25-11-10-23-20(2)24(30(35)32-13-16-33-14-6-7-15-33)19-34-26-17-21-8-4-5-9-22(21)18-27(26)36-29(25)28(23)34/h4-5,8-11,17-19,31H,2-3,6-7,12-16H2,1H3,(H,32,35). The zero-order valence-electron chi connectivity index (χ0n) is 20.8. The van der Waals surface area contributed by atoms with E-state index in [9.17, 15) is 4.79 Å². The molecule has 0 unspecified atom stereocenters. The van der Waals surface area contributed by atoms with Crippen LogP contribution in [0.25, 0.3) is 45.1 Å². The molecule has 3 aromatic rings. The second-order valence-corrected chi connectivity index (χ2v) is 9.73. The highest BCUT2D eigenvalue weighted by Gasteiger charge is 2.22. The molecule has 1 saturated heterocycles. The number of likely N-dealkylation sites (tertiary alicyclic amines) is 1. The van der Waals surface area contributed by atoms with Crippen molar-refractivity contribution in [3.8, 4) is 5.69 Å². The molecule has 3 aliphatic rings. The Balaban J connectivity index is 1.52. The fourth-order valence-corrected chi connectivity index (χ4v) is 5.37. The van der Waals surface area contributed by atoms with Gasteiger partial charge in [-0.1, -0.05) is 37.8 Å². The summed E-state index contributed by atoms with van der Waals surface area (Å²) < 4.78 is 8.65. The number of anilines is 1. The van der Waals surface area contributed by atoms with Crippen LogP contribution >= 0.6 is 0 Å². The highest BCUT2D eigenvalue weighted by molar-refractivity contribution is 6.03. The summed E-state index contributed by atoms with van der Waals surface area (Å²) in [4.78, 5) is 15.8. The van der Waals surface area contributed by atoms with Gasteiger partial charge in [0, 0.05) is 31.2 Å². The summed E-state index contributed by atoms with van der Waals surface area (Å²) in [5, 5.41) is 10.5. The highest BCUT2D eigenvalue weighted by Crippen LogP contribution is 2.36. The maximum atomic E-state index is 13.4. The SMILES string of the molecule is C=c1c(C(=O)NCCN2CCCC2)cn2c3cc4ccccc4cc3oc3c(NCCC)ccc1c3-2. The summed E-state index contributed by atoms with van der Waals surface area (Å²) >= 11 is 0. The largest absolute Gasteiger partial charge is 0.451 e. The van der Waals surface area contributed by atoms with E-state index in [2.05, 4.69) is 57.9 Å². The smallest absolute Gasteiger partial charge is 0.253 e. The first-order chi connectivity index (χ1) is 17.6. The Morgan fingerprint density at radius 1 is 1.06 bits per heavy atom. The molecule has 0 spiro atoms. The van der Waals surface area contributed by atoms with Crippen LogP contribution < -0.4 is 15.9 Å². The molecular formula is C30H32N4O2. The second kappa shape index (κ2) is 9.36. The number of carbonyl (C=O) groups excluding carboxylic acids is 1. The number of nitrogens with one attached hydrogen (secondary N) is 2. The maximum absolute atomic E-state index is 13.4. The Labute approximate surface area is 210 Å². The Morgan fingerprint density at radius 2 is 1.83 bits per heavy atom. The summed E-state index contributed by atoms with van der Waals surface area (Å²) in [5.74, 6) is -0.0894. The number of aromatic nitrogens is 1. The van der Waals surface area contributed by atoms with Crippen molar-refractivity contribution in [2.75, 3.05) is 38.0 Å². The topological polar surface area (TPSA) is 62.4 Å². The lowest BCUT2D eigenvalue weighted by Crippen LogP contribution is -2.36. The van der Waals surface area contributed by atoms with E-state index in [4.69, 9.17) is 4.42 Å². The number of carbonyl (C=O) groups is 1. The van der Waals surface area contributed by atoms with E-state index < -0.39 is 0 Å². The van der Waals surface area contributed by atoms with Crippen molar-refractivity contribution in [1.82, 2.24) is 14.8 Å². The van der Waals surface area contributed by atoms with Crippen molar-refractivity contribution in [2.24, 2.45) is 0 Å². The van der Waals surface area contributed by atoms with Crippen LogP contribution in [0.15, 0.2) is 59.1 Å². The number of benzene rings is 3. The number of hydrogen-bond donors (Lipinski definition) is 2. The Morgan fingerprint density at radius 3 is 2.61 bits per heavy atom. The first-order valence-electron chi connectivity index (χ1n) is 13.0. The third kappa shape index (κ3) is 3.91. The lowest BCUT2D eigenvalue weighted by Gasteiger charge is -2.22. The molecule has 6 heteroatoms. The van der Waals surface area contributed by atoms with Crippen LogP contribution in [0.3, 0.4) is 0 Å². The number of rotatable bonds is 7. The predicted octanol–water partition coefficient (Wildman–Crippen LogP) is 5.31. The van der Waals surface area contributed by atoms with Crippen LogP contribution in [0, 0.1) is 0 Å². The van der Waals surface area contributed by atoms with Crippen LogP contribution in [0.2, 0.25) is 0 Å². The van der Waals surface area contributed by atoms with E-state index in [1.807, 2.05) is 30.5 Å². The fourth-order valence-electron chi connectivity index (χ4n) is 5.37. The van der Waals surface area contributed by atoms with Crippen LogP contribution in [0.5, 0.6) is 0 Å². The van der Waals surface area contributed by atoms with Gasteiger partial charge in [-0.25, -0.2) is 0 Å². The van der Waals surface area contributed by atoms with Gasteiger partial charge in [0.05, 0.1) is 22.5 Å². The van der Waals surface area contributed by atoms with Gasteiger partial charge in [0.15, 0.2) is 11.2 Å². The van der Waals surface area contributed by atoms with Crippen molar-refractivity contribution in [1.29, 1.82) is 0 Å². The third-order valence-electron chi connectivity index (χ3n) is 7.30. The van der Waals surface area contributed by atoms with Crippen molar-refractivity contribution in [3.05, 3.63) is 65.5 Å². The van der Waals surface area contributed by atoms with Crippen molar-refractivity contribution in [2.45, 2.75) is 26.2 Å². The number of amides is 1. The maximum Gasteiger partial charge on any atom is 0.253 e. The quantitative estimate of drug-likeness (QED) is 0.245. The van der Waals surface area contributed by atoms with E-state index in [-0.39, 0.29) is 5.91 Å². The van der Waals surface area contributed by atoms with Crippen molar-refractivity contribution >= 4 is 51.0 Å². The molecule has 1 fully saturated rings. The summed E-state index contributed by atoms with van der Waals surface area (Å²) in [7, 11) is 0. The lowest BCUT2D eigenvalue weighted by atomic mass is 10.0. The molecule has 184 valence electrons. The summed E-state index contributed by atoms with van der Waals surface area (Å²) in [6, 6.07) is 16.6. The average Bonchev–Trinajstić information content (AvgIpc) is 3.41. The number of pyridine rings is 1. The van der Waals surface area contributed by atoms with E-state index in [0.29, 0.717) is 12.1 Å². The third-order valence-corrected chi connectivity index (χ3v) is 7.30. The average molecular weight is 481 g/mol. The highest BCUT2D eigenvalue weighted by atomic mass is 16.3. The molecule has 3 heterocycles. The van der Waals surface area contributed by atoms with Gasteiger partial charge in [-0.3, -0.25) is 4.79 Å². The molecule has 0 aliphatic carbocycles. The number of hydrogen-bond acceptors (Lipinski definition) is 4. The molecular weight excluding hydrogens is 448 g/mol. The molecule has 0 radical (unpaired) electrons. The molecule has 0 saturated carbocycles. The monoisotopic (exact) mass is 480 g/mol. The van der Waals surface area contributed by atoms with Gasteiger partial charge in [0.25, 0.3) is 5.91 Å². The molecule has 3 aliphatic heterocycles. The van der Waals surface area contributed by atoms with Crippen LogP contribution in [-0.2, 0) is 0 Å². The molecule has 36 heavy (non-hydrogen) atoms. The number of fused-ring (bicyclic) bond motifs is 3. The van der Waals surface area contributed by atoms with Gasteiger partial charge < -0.3 is 24.5 Å². The van der Waals surface area contributed by atoms with Gasteiger partial charge in [-0.05, 0) is 72.6 Å². The summed E-state index contributed by atoms with van der Waals surface area (Å²) in [5.41, 5.74) is 4.93. The minimum absolute atomic E-state index is 0.0894. The molecule has 2 N–H and O–H groups in total. The first-order valence-corrected chi connectivity index (χ1v) is 13.0. The summed E-state index contributed by atoms with van der Waals surface area (Å²) in [6.45, 7) is 11.1. The molecule has 1 amide bonds. The second-order valence-electron chi connectivity index (χ2n) is 9.73. The molecule has 0 aromatic heterocycles. The normalized spacial score (nSPS) is 14.4. The predicted molar refractivity (Wildman–Crippen MR) is 148 cm³/mol. The Bertz CT molecular complexity index is 1610. The van der Waals surface area contributed by atoms with Crippen molar-refractivity contribution < 1.29 is 9.21 Å².